The van der Waals surface area contributed by atoms with E-state index >= 15 is 0 Å². The number of ether oxygens (including phenoxy) is 1. The summed E-state index contributed by atoms with van der Waals surface area (Å²) in [5.74, 6) is -1.32. The SMILES string of the molecule is CN(C)S(=O)(=O)c1ccc(Cl)c(C(=O)OCC(=O)NCCc2cccs2)c1. The first-order chi connectivity index (χ1) is 12.7. The van der Waals surface area contributed by atoms with Crippen molar-refractivity contribution in [1.82, 2.24) is 9.62 Å². The molecule has 0 aliphatic rings. The lowest BCUT2D eigenvalue weighted by Gasteiger charge is -2.13. The summed E-state index contributed by atoms with van der Waals surface area (Å²) in [5, 5.41) is 4.64. The third kappa shape index (κ3) is 5.77. The van der Waals surface area contributed by atoms with Crippen molar-refractivity contribution < 1.29 is 22.7 Å². The van der Waals surface area contributed by atoms with Crippen molar-refractivity contribution in [3.63, 3.8) is 0 Å². The number of esters is 1. The Morgan fingerprint density at radius 1 is 1.26 bits per heavy atom. The zero-order chi connectivity index (χ0) is 20.0. The molecule has 1 aromatic heterocycles. The molecular weight excluding hydrogens is 412 g/mol. The average Bonchev–Trinajstić information content (AvgIpc) is 3.13. The van der Waals surface area contributed by atoms with E-state index in [9.17, 15) is 18.0 Å². The van der Waals surface area contributed by atoms with E-state index in [0.717, 1.165) is 15.2 Å². The predicted molar refractivity (Wildman–Crippen MR) is 104 cm³/mol. The van der Waals surface area contributed by atoms with Gasteiger partial charge in [0.15, 0.2) is 6.61 Å². The molecule has 2 rings (SSSR count). The number of halogens is 1. The Morgan fingerprint density at radius 2 is 2.00 bits per heavy atom. The van der Waals surface area contributed by atoms with E-state index in [-0.39, 0.29) is 15.5 Å². The first-order valence-electron chi connectivity index (χ1n) is 7.90. The molecule has 7 nitrogen and oxygen atoms in total. The number of hydrogen-bond acceptors (Lipinski definition) is 6. The van der Waals surface area contributed by atoms with Gasteiger partial charge in [-0.2, -0.15) is 0 Å². The highest BCUT2D eigenvalue weighted by Crippen LogP contribution is 2.22. The van der Waals surface area contributed by atoms with Gasteiger partial charge in [-0.25, -0.2) is 17.5 Å². The molecule has 2 aromatic rings. The molecule has 0 fully saturated rings. The van der Waals surface area contributed by atoms with Crippen molar-refractivity contribution in [1.29, 1.82) is 0 Å². The summed E-state index contributed by atoms with van der Waals surface area (Å²) in [6, 6.07) is 7.63. The summed E-state index contributed by atoms with van der Waals surface area (Å²) < 4.78 is 30.3. The number of nitrogens with one attached hydrogen (secondary N) is 1. The van der Waals surface area contributed by atoms with Gasteiger partial charge in [-0.05, 0) is 36.1 Å². The van der Waals surface area contributed by atoms with Crippen molar-refractivity contribution in [2.24, 2.45) is 0 Å². The first kappa shape index (κ1) is 21.4. The molecule has 10 heteroatoms. The predicted octanol–water partition coefficient (Wildman–Crippen LogP) is 2.17. The molecule has 0 bridgehead atoms. The number of hydrogen-bond donors (Lipinski definition) is 1. The van der Waals surface area contributed by atoms with Crippen molar-refractivity contribution in [2.75, 3.05) is 27.2 Å². The number of sulfonamides is 1. The van der Waals surface area contributed by atoms with Gasteiger partial charge in [-0.3, -0.25) is 4.79 Å². The number of amides is 1. The smallest absolute Gasteiger partial charge is 0.340 e. The minimum atomic E-state index is -3.73. The summed E-state index contributed by atoms with van der Waals surface area (Å²) in [5.41, 5.74) is -0.119. The molecule has 27 heavy (non-hydrogen) atoms. The molecule has 1 amide bonds. The molecule has 1 heterocycles. The van der Waals surface area contributed by atoms with Crippen LogP contribution in [0.15, 0.2) is 40.6 Å². The quantitative estimate of drug-likeness (QED) is 0.648. The average molecular weight is 431 g/mol. The third-order valence-corrected chi connectivity index (χ3v) is 6.62. The monoisotopic (exact) mass is 430 g/mol. The maximum absolute atomic E-state index is 12.2. The molecule has 146 valence electrons. The van der Waals surface area contributed by atoms with E-state index in [1.54, 1.807) is 11.3 Å². The fourth-order valence-corrected chi connectivity index (χ4v) is 3.90. The Balaban J connectivity index is 1.94. The van der Waals surface area contributed by atoms with Crippen molar-refractivity contribution >= 4 is 44.8 Å². The molecular formula is C17H19ClN2O5S2. The van der Waals surface area contributed by atoms with Crippen LogP contribution in [0.4, 0.5) is 0 Å². The molecule has 0 spiro atoms. The molecule has 1 N–H and O–H groups in total. The number of nitrogens with zero attached hydrogens (tertiary/aromatic N) is 1. The highest BCUT2D eigenvalue weighted by atomic mass is 35.5. The fraction of sp³-hybridized carbons (Fsp3) is 0.294. The Morgan fingerprint density at radius 3 is 2.63 bits per heavy atom. The van der Waals surface area contributed by atoms with Gasteiger partial charge >= 0.3 is 5.97 Å². The number of carbonyl (C=O) groups is 2. The van der Waals surface area contributed by atoms with E-state index in [1.165, 1.54) is 26.2 Å². The lowest BCUT2D eigenvalue weighted by Crippen LogP contribution is -2.30. The van der Waals surface area contributed by atoms with Crippen LogP contribution in [0.5, 0.6) is 0 Å². The van der Waals surface area contributed by atoms with Gasteiger partial charge in [0, 0.05) is 25.5 Å². The van der Waals surface area contributed by atoms with E-state index in [1.807, 2.05) is 17.5 Å². The molecule has 0 atom stereocenters. The van der Waals surface area contributed by atoms with Crippen molar-refractivity contribution in [3.8, 4) is 0 Å². The fourth-order valence-electron chi connectivity index (χ4n) is 2.07. The van der Waals surface area contributed by atoms with Crippen molar-refractivity contribution in [2.45, 2.75) is 11.3 Å². The van der Waals surface area contributed by atoms with Crippen LogP contribution in [-0.2, 0) is 26.0 Å². The highest BCUT2D eigenvalue weighted by Gasteiger charge is 2.21. The second-order valence-corrected chi connectivity index (χ2v) is 9.28. The third-order valence-electron chi connectivity index (χ3n) is 3.54. The molecule has 0 aliphatic carbocycles. The van der Waals surface area contributed by atoms with E-state index < -0.39 is 28.5 Å². The summed E-state index contributed by atoms with van der Waals surface area (Å²) in [6.07, 6.45) is 0.688. The van der Waals surface area contributed by atoms with Gasteiger partial charge < -0.3 is 10.1 Å². The molecule has 0 radical (unpaired) electrons. The Labute approximate surface area is 166 Å². The van der Waals surface area contributed by atoms with E-state index in [4.69, 9.17) is 16.3 Å². The van der Waals surface area contributed by atoms with Crippen LogP contribution < -0.4 is 5.32 Å². The van der Waals surface area contributed by atoms with E-state index in [2.05, 4.69) is 5.32 Å². The van der Waals surface area contributed by atoms with Crippen LogP contribution in [-0.4, -0.2) is 51.8 Å². The second kappa shape index (κ2) is 9.32. The summed E-state index contributed by atoms with van der Waals surface area (Å²) >= 11 is 7.56. The van der Waals surface area contributed by atoms with Crippen LogP contribution in [0.1, 0.15) is 15.2 Å². The van der Waals surface area contributed by atoms with E-state index in [0.29, 0.717) is 13.0 Å². The summed E-state index contributed by atoms with van der Waals surface area (Å²) in [4.78, 5) is 25.0. The Kier molecular flexibility index (Phi) is 7.37. The van der Waals surface area contributed by atoms with Crippen LogP contribution in [0.2, 0.25) is 5.02 Å². The van der Waals surface area contributed by atoms with Crippen LogP contribution in [0, 0.1) is 0 Å². The molecule has 0 saturated heterocycles. The Bertz CT molecular complexity index is 911. The van der Waals surface area contributed by atoms with Crippen LogP contribution in [0.3, 0.4) is 0 Å². The van der Waals surface area contributed by atoms with Crippen LogP contribution in [0.25, 0.3) is 0 Å². The largest absolute Gasteiger partial charge is 0.452 e. The zero-order valence-electron chi connectivity index (χ0n) is 14.8. The number of benzene rings is 1. The Hall–Kier alpha value is -1.94. The second-order valence-electron chi connectivity index (χ2n) is 5.68. The molecule has 0 saturated carbocycles. The number of thiophene rings is 1. The first-order valence-corrected chi connectivity index (χ1v) is 10.6. The summed E-state index contributed by atoms with van der Waals surface area (Å²) in [6.45, 7) is -0.0571. The number of rotatable bonds is 8. The normalized spacial score (nSPS) is 11.4. The molecule has 0 aliphatic heterocycles. The molecule has 1 aromatic carbocycles. The van der Waals surface area contributed by atoms with Gasteiger partial charge in [0.1, 0.15) is 0 Å². The minimum Gasteiger partial charge on any atom is -0.452 e. The summed E-state index contributed by atoms with van der Waals surface area (Å²) in [7, 11) is -0.971. The zero-order valence-corrected chi connectivity index (χ0v) is 17.2. The van der Waals surface area contributed by atoms with Gasteiger partial charge in [-0.1, -0.05) is 17.7 Å². The lowest BCUT2D eigenvalue weighted by atomic mass is 10.2. The number of carbonyl (C=O) groups excluding carboxylic acids is 2. The van der Waals surface area contributed by atoms with Crippen LogP contribution >= 0.6 is 22.9 Å². The maximum atomic E-state index is 12.2. The highest BCUT2D eigenvalue weighted by molar-refractivity contribution is 7.89. The lowest BCUT2D eigenvalue weighted by molar-refractivity contribution is -0.124. The van der Waals surface area contributed by atoms with Gasteiger partial charge in [0.25, 0.3) is 5.91 Å². The molecule has 0 unspecified atom stereocenters. The van der Waals surface area contributed by atoms with Crippen molar-refractivity contribution in [3.05, 3.63) is 51.2 Å². The topological polar surface area (TPSA) is 92.8 Å². The van der Waals surface area contributed by atoms with Gasteiger partial charge in [0.05, 0.1) is 15.5 Å². The van der Waals surface area contributed by atoms with Gasteiger partial charge in [-0.15, -0.1) is 11.3 Å². The maximum Gasteiger partial charge on any atom is 0.340 e. The van der Waals surface area contributed by atoms with Gasteiger partial charge in [0.2, 0.25) is 10.0 Å². The standard InChI is InChI=1S/C17H19ClN2O5S2/c1-20(2)27(23,24)13-5-6-15(18)14(10-13)17(22)25-11-16(21)19-8-7-12-4-3-9-26-12/h3-6,9-10H,7-8,11H2,1-2H3,(H,19,21). The minimum absolute atomic E-state index is 0.0378.